The molecule has 0 aromatic heterocycles. The lowest BCUT2D eigenvalue weighted by Gasteiger charge is -2.21. The minimum atomic E-state index is 0.125. The first kappa shape index (κ1) is 11.5. The summed E-state index contributed by atoms with van der Waals surface area (Å²) in [5.41, 5.74) is 7.98. The monoisotopic (exact) mass is 256 g/mol. The third kappa shape index (κ3) is 3.68. The normalized spacial score (nSPS) is 11.7. The van der Waals surface area contributed by atoms with Crippen LogP contribution >= 0.6 is 15.9 Å². The highest BCUT2D eigenvalue weighted by atomic mass is 79.9. The van der Waals surface area contributed by atoms with Crippen molar-refractivity contribution in [2.75, 3.05) is 5.73 Å². The number of nitrogen functional groups attached to an aromatic ring is 1. The molecule has 0 fully saturated rings. The van der Waals surface area contributed by atoms with E-state index in [1.165, 1.54) is 0 Å². The molecule has 1 aromatic carbocycles. The lowest BCUT2D eigenvalue weighted by molar-refractivity contribution is 0.424. The lowest BCUT2D eigenvalue weighted by atomic mass is 10.1. The van der Waals surface area contributed by atoms with Crippen molar-refractivity contribution in [3.05, 3.63) is 28.2 Å². The molecule has 0 unspecified atom stereocenters. The van der Waals surface area contributed by atoms with E-state index in [0.717, 1.165) is 22.3 Å². The van der Waals surface area contributed by atoms with Crippen molar-refractivity contribution in [1.29, 1.82) is 0 Å². The highest BCUT2D eigenvalue weighted by Gasteiger charge is 2.09. The molecule has 14 heavy (non-hydrogen) atoms. The van der Waals surface area contributed by atoms with Crippen LogP contribution in [0.15, 0.2) is 22.7 Å². The number of hydrogen-bond acceptors (Lipinski definition) is 2. The Morgan fingerprint density at radius 3 is 2.50 bits per heavy atom. The summed E-state index contributed by atoms with van der Waals surface area (Å²) in [6.07, 6.45) is 0. The van der Waals surface area contributed by atoms with Gasteiger partial charge in [0.2, 0.25) is 0 Å². The van der Waals surface area contributed by atoms with Crippen molar-refractivity contribution in [3.63, 3.8) is 0 Å². The molecule has 0 aliphatic rings. The number of hydrogen-bond donors (Lipinski definition) is 2. The molecule has 1 rings (SSSR count). The van der Waals surface area contributed by atoms with E-state index in [4.69, 9.17) is 5.73 Å². The molecular formula is C11H17BrN2. The SMILES string of the molecule is CC(C)(C)NCc1ccc(Br)cc1N. The van der Waals surface area contributed by atoms with E-state index in [2.05, 4.69) is 42.0 Å². The number of nitrogens with one attached hydrogen (secondary N) is 1. The molecule has 78 valence electrons. The van der Waals surface area contributed by atoms with Crippen LogP contribution < -0.4 is 11.1 Å². The predicted octanol–water partition coefficient (Wildman–Crippen LogP) is 2.92. The first-order valence-electron chi connectivity index (χ1n) is 4.67. The summed E-state index contributed by atoms with van der Waals surface area (Å²) in [5, 5.41) is 3.40. The molecule has 2 nitrogen and oxygen atoms in total. The summed E-state index contributed by atoms with van der Waals surface area (Å²) < 4.78 is 1.02. The molecule has 0 saturated heterocycles. The Hall–Kier alpha value is -0.540. The highest BCUT2D eigenvalue weighted by molar-refractivity contribution is 9.10. The van der Waals surface area contributed by atoms with Gasteiger partial charge in [-0.2, -0.15) is 0 Å². The summed E-state index contributed by atoms with van der Waals surface area (Å²) in [6.45, 7) is 7.23. The van der Waals surface area contributed by atoms with Gasteiger partial charge in [-0.25, -0.2) is 0 Å². The minimum Gasteiger partial charge on any atom is -0.398 e. The molecule has 0 spiro atoms. The Morgan fingerprint density at radius 1 is 1.36 bits per heavy atom. The van der Waals surface area contributed by atoms with Crippen LogP contribution in [0.2, 0.25) is 0 Å². The van der Waals surface area contributed by atoms with Gasteiger partial charge in [0.15, 0.2) is 0 Å². The van der Waals surface area contributed by atoms with Gasteiger partial charge in [0.1, 0.15) is 0 Å². The molecule has 0 bridgehead atoms. The van der Waals surface area contributed by atoms with Crippen LogP contribution in [0.1, 0.15) is 26.3 Å². The second-order valence-corrected chi connectivity index (χ2v) is 5.36. The molecule has 3 N–H and O–H groups in total. The van der Waals surface area contributed by atoms with Crippen LogP contribution in [-0.4, -0.2) is 5.54 Å². The molecule has 0 atom stereocenters. The van der Waals surface area contributed by atoms with E-state index in [1.807, 2.05) is 18.2 Å². The third-order valence-corrected chi connectivity index (χ3v) is 2.41. The van der Waals surface area contributed by atoms with Crippen LogP contribution in [0.25, 0.3) is 0 Å². The number of anilines is 1. The molecule has 0 aliphatic heterocycles. The Labute approximate surface area is 94.0 Å². The number of halogens is 1. The van der Waals surface area contributed by atoms with Gasteiger partial charge in [-0.05, 0) is 38.5 Å². The smallest absolute Gasteiger partial charge is 0.0370 e. The average molecular weight is 257 g/mol. The van der Waals surface area contributed by atoms with Gasteiger partial charge >= 0.3 is 0 Å². The van der Waals surface area contributed by atoms with Crippen LogP contribution in [0, 0.1) is 0 Å². The topological polar surface area (TPSA) is 38.0 Å². The summed E-state index contributed by atoms with van der Waals surface area (Å²) in [6, 6.07) is 5.98. The highest BCUT2D eigenvalue weighted by Crippen LogP contribution is 2.18. The fourth-order valence-corrected chi connectivity index (χ4v) is 1.47. The number of nitrogens with two attached hydrogens (primary N) is 1. The zero-order valence-corrected chi connectivity index (χ0v) is 10.5. The largest absolute Gasteiger partial charge is 0.398 e. The van der Waals surface area contributed by atoms with Crippen molar-refractivity contribution in [1.82, 2.24) is 5.32 Å². The number of benzene rings is 1. The van der Waals surface area contributed by atoms with Gasteiger partial charge in [-0.15, -0.1) is 0 Å². The van der Waals surface area contributed by atoms with Crippen molar-refractivity contribution in [3.8, 4) is 0 Å². The van der Waals surface area contributed by atoms with Gasteiger partial charge in [0.25, 0.3) is 0 Å². The van der Waals surface area contributed by atoms with Gasteiger partial charge < -0.3 is 11.1 Å². The van der Waals surface area contributed by atoms with Crippen molar-refractivity contribution in [2.24, 2.45) is 0 Å². The van der Waals surface area contributed by atoms with Gasteiger partial charge in [0.05, 0.1) is 0 Å². The van der Waals surface area contributed by atoms with E-state index in [0.29, 0.717) is 0 Å². The Bertz CT molecular complexity index is 316. The van der Waals surface area contributed by atoms with E-state index in [9.17, 15) is 0 Å². The second kappa shape index (κ2) is 4.32. The van der Waals surface area contributed by atoms with Crippen LogP contribution in [0.4, 0.5) is 5.69 Å². The van der Waals surface area contributed by atoms with Crippen molar-refractivity contribution >= 4 is 21.6 Å². The molecule has 0 radical (unpaired) electrons. The standard InChI is InChI=1S/C11H17BrN2/c1-11(2,3)14-7-8-4-5-9(12)6-10(8)13/h4-6,14H,7,13H2,1-3H3. The summed E-state index contributed by atoms with van der Waals surface area (Å²) >= 11 is 3.39. The fraction of sp³-hybridized carbons (Fsp3) is 0.455. The van der Waals surface area contributed by atoms with Gasteiger partial charge in [-0.3, -0.25) is 0 Å². The van der Waals surface area contributed by atoms with E-state index < -0.39 is 0 Å². The predicted molar refractivity (Wildman–Crippen MR) is 65.1 cm³/mol. The van der Waals surface area contributed by atoms with Gasteiger partial charge in [0, 0.05) is 22.2 Å². The van der Waals surface area contributed by atoms with Crippen LogP contribution in [-0.2, 0) is 6.54 Å². The molecule has 0 heterocycles. The molecule has 1 aromatic rings. The maximum Gasteiger partial charge on any atom is 0.0370 e. The first-order chi connectivity index (χ1) is 6.38. The molecule has 0 saturated carbocycles. The second-order valence-electron chi connectivity index (χ2n) is 4.45. The maximum absolute atomic E-state index is 5.88. The van der Waals surface area contributed by atoms with Crippen LogP contribution in [0.3, 0.4) is 0 Å². The zero-order valence-electron chi connectivity index (χ0n) is 8.89. The van der Waals surface area contributed by atoms with Crippen LogP contribution in [0.5, 0.6) is 0 Å². The Morgan fingerprint density at radius 2 is 2.00 bits per heavy atom. The molecule has 0 amide bonds. The van der Waals surface area contributed by atoms with Crippen molar-refractivity contribution < 1.29 is 0 Å². The first-order valence-corrected chi connectivity index (χ1v) is 5.47. The van der Waals surface area contributed by atoms with E-state index in [1.54, 1.807) is 0 Å². The average Bonchev–Trinajstić information content (AvgIpc) is 2.00. The summed E-state index contributed by atoms with van der Waals surface area (Å²) in [4.78, 5) is 0. The quantitative estimate of drug-likeness (QED) is 0.799. The molecule has 3 heteroatoms. The zero-order chi connectivity index (χ0) is 10.8. The minimum absolute atomic E-state index is 0.125. The summed E-state index contributed by atoms with van der Waals surface area (Å²) in [7, 11) is 0. The summed E-state index contributed by atoms with van der Waals surface area (Å²) in [5.74, 6) is 0. The maximum atomic E-state index is 5.88. The van der Waals surface area contributed by atoms with E-state index >= 15 is 0 Å². The fourth-order valence-electron chi connectivity index (χ4n) is 1.09. The third-order valence-electron chi connectivity index (χ3n) is 1.92. The van der Waals surface area contributed by atoms with Crippen molar-refractivity contribution in [2.45, 2.75) is 32.9 Å². The molecular weight excluding hydrogens is 240 g/mol. The number of rotatable bonds is 2. The van der Waals surface area contributed by atoms with Gasteiger partial charge in [-0.1, -0.05) is 22.0 Å². The Balaban J connectivity index is 2.68. The Kier molecular flexibility index (Phi) is 3.56. The molecule has 0 aliphatic carbocycles. The van der Waals surface area contributed by atoms with E-state index in [-0.39, 0.29) is 5.54 Å². The lowest BCUT2D eigenvalue weighted by Crippen LogP contribution is -2.35.